The zero-order chi connectivity index (χ0) is 16.4. The van der Waals surface area contributed by atoms with Gasteiger partial charge in [-0.05, 0) is 26.4 Å². The lowest BCUT2D eigenvalue weighted by Gasteiger charge is -2.26. The first kappa shape index (κ1) is 18.9. The molecule has 0 aromatic rings. The Hall–Kier alpha value is -1.10. The number of rotatable bonds is 9. The third-order valence-electron chi connectivity index (χ3n) is 4.47. The van der Waals surface area contributed by atoms with Gasteiger partial charge in [0.05, 0.1) is 13.5 Å². The standard InChI is InChI=1S/C17H32N2O3/c1-18(2)13-14-19(12-11-17(21)22-3)16(20)10-9-15-7-5-4-6-8-15/h15H,4-14H2,1-3H3. The highest BCUT2D eigenvalue weighted by Crippen LogP contribution is 2.27. The lowest BCUT2D eigenvalue weighted by atomic mass is 9.86. The molecule has 0 atom stereocenters. The average Bonchev–Trinajstić information content (AvgIpc) is 2.53. The summed E-state index contributed by atoms with van der Waals surface area (Å²) in [5, 5.41) is 0. The first-order valence-electron chi connectivity index (χ1n) is 8.52. The lowest BCUT2D eigenvalue weighted by molar-refractivity contribution is -0.141. The third-order valence-corrected chi connectivity index (χ3v) is 4.47. The van der Waals surface area contributed by atoms with Crippen LogP contribution in [0, 0.1) is 5.92 Å². The van der Waals surface area contributed by atoms with Crippen LogP contribution in [0.1, 0.15) is 51.4 Å². The quantitative estimate of drug-likeness (QED) is 0.613. The number of carbonyl (C=O) groups excluding carboxylic acids is 2. The van der Waals surface area contributed by atoms with E-state index >= 15 is 0 Å². The van der Waals surface area contributed by atoms with E-state index in [0.29, 0.717) is 25.4 Å². The van der Waals surface area contributed by atoms with Gasteiger partial charge >= 0.3 is 5.97 Å². The molecule has 128 valence electrons. The van der Waals surface area contributed by atoms with Crippen molar-refractivity contribution < 1.29 is 14.3 Å². The highest BCUT2D eigenvalue weighted by atomic mass is 16.5. The molecule has 0 radical (unpaired) electrons. The van der Waals surface area contributed by atoms with Crippen molar-refractivity contribution in [2.75, 3.05) is 40.8 Å². The number of likely N-dealkylation sites (N-methyl/N-ethyl adjacent to an activating group) is 1. The number of ether oxygens (including phenoxy) is 1. The van der Waals surface area contributed by atoms with Crippen LogP contribution in [0.15, 0.2) is 0 Å². The predicted molar refractivity (Wildman–Crippen MR) is 87.6 cm³/mol. The Balaban J connectivity index is 2.40. The van der Waals surface area contributed by atoms with Gasteiger partial charge in [-0.2, -0.15) is 0 Å². The smallest absolute Gasteiger partial charge is 0.307 e. The molecule has 0 spiro atoms. The van der Waals surface area contributed by atoms with Crippen LogP contribution in [-0.2, 0) is 14.3 Å². The third kappa shape index (κ3) is 7.78. The summed E-state index contributed by atoms with van der Waals surface area (Å²) >= 11 is 0. The Morgan fingerprint density at radius 3 is 2.27 bits per heavy atom. The number of hydrogen-bond donors (Lipinski definition) is 0. The summed E-state index contributed by atoms with van der Waals surface area (Å²) in [5.74, 6) is 0.639. The van der Waals surface area contributed by atoms with Gasteiger partial charge in [-0.3, -0.25) is 9.59 Å². The topological polar surface area (TPSA) is 49.9 Å². The molecule has 0 aliphatic heterocycles. The SMILES string of the molecule is COC(=O)CCN(CCN(C)C)C(=O)CCC1CCCCC1. The van der Waals surface area contributed by atoms with Crippen molar-refractivity contribution in [2.24, 2.45) is 5.92 Å². The molecule has 1 aliphatic rings. The van der Waals surface area contributed by atoms with Crippen LogP contribution in [0.25, 0.3) is 0 Å². The number of methoxy groups -OCH3 is 1. The molecule has 0 saturated heterocycles. The van der Waals surface area contributed by atoms with Crippen LogP contribution >= 0.6 is 0 Å². The maximum Gasteiger partial charge on any atom is 0.307 e. The highest BCUT2D eigenvalue weighted by molar-refractivity contribution is 5.77. The van der Waals surface area contributed by atoms with Crippen LogP contribution in [0.5, 0.6) is 0 Å². The Kier molecular flexibility index (Phi) is 9.13. The van der Waals surface area contributed by atoms with Gasteiger partial charge in [0.2, 0.25) is 5.91 Å². The molecule has 1 rings (SSSR count). The minimum Gasteiger partial charge on any atom is -0.469 e. The normalized spacial score (nSPS) is 15.8. The van der Waals surface area contributed by atoms with Crippen LogP contribution in [0.3, 0.4) is 0 Å². The van der Waals surface area contributed by atoms with E-state index in [1.54, 1.807) is 0 Å². The molecule has 5 heteroatoms. The molecule has 0 heterocycles. The van der Waals surface area contributed by atoms with E-state index in [1.165, 1.54) is 39.2 Å². The summed E-state index contributed by atoms with van der Waals surface area (Å²) in [6.45, 7) is 1.95. The van der Waals surface area contributed by atoms with E-state index in [0.717, 1.165) is 13.0 Å². The minimum absolute atomic E-state index is 0.177. The van der Waals surface area contributed by atoms with Gasteiger partial charge in [0.25, 0.3) is 0 Å². The maximum absolute atomic E-state index is 12.5. The summed E-state index contributed by atoms with van der Waals surface area (Å²) < 4.78 is 4.67. The molecular weight excluding hydrogens is 280 g/mol. The van der Waals surface area contributed by atoms with Gasteiger partial charge in [0.15, 0.2) is 0 Å². The van der Waals surface area contributed by atoms with Crippen LogP contribution in [0.2, 0.25) is 0 Å². The molecule has 1 fully saturated rings. The van der Waals surface area contributed by atoms with Crippen LogP contribution < -0.4 is 0 Å². The zero-order valence-corrected chi connectivity index (χ0v) is 14.5. The second kappa shape index (κ2) is 10.6. The molecule has 22 heavy (non-hydrogen) atoms. The molecule has 0 N–H and O–H groups in total. The summed E-state index contributed by atoms with van der Waals surface area (Å²) in [7, 11) is 5.37. The fraction of sp³-hybridized carbons (Fsp3) is 0.882. The molecule has 1 amide bonds. The minimum atomic E-state index is -0.255. The van der Waals surface area contributed by atoms with Crippen molar-refractivity contribution >= 4 is 11.9 Å². The fourth-order valence-electron chi connectivity index (χ4n) is 2.97. The van der Waals surface area contributed by atoms with Gasteiger partial charge in [-0.1, -0.05) is 32.1 Å². The summed E-state index contributed by atoms with van der Waals surface area (Å²) in [5.41, 5.74) is 0. The largest absolute Gasteiger partial charge is 0.469 e. The number of nitrogens with zero attached hydrogens (tertiary/aromatic N) is 2. The summed E-state index contributed by atoms with van der Waals surface area (Å²) in [6.07, 6.45) is 8.39. The Morgan fingerprint density at radius 1 is 1.00 bits per heavy atom. The van der Waals surface area contributed by atoms with Crippen molar-refractivity contribution in [3.8, 4) is 0 Å². The van der Waals surface area contributed by atoms with Gasteiger partial charge in [0.1, 0.15) is 0 Å². The Morgan fingerprint density at radius 2 is 1.68 bits per heavy atom. The molecule has 5 nitrogen and oxygen atoms in total. The first-order chi connectivity index (χ1) is 10.5. The number of esters is 1. The summed E-state index contributed by atoms with van der Waals surface area (Å²) in [6, 6.07) is 0. The highest BCUT2D eigenvalue weighted by Gasteiger charge is 2.19. The van der Waals surface area contributed by atoms with Crippen molar-refractivity contribution in [3.05, 3.63) is 0 Å². The van der Waals surface area contributed by atoms with Crippen molar-refractivity contribution in [2.45, 2.75) is 51.4 Å². The Bertz CT molecular complexity index is 339. The van der Waals surface area contributed by atoms with Gasteiger partial charge in [-0.25, -0.2) is 0 Å². The molecule has 0 unspecified atom stereocenters. The van der Waals surface area contributed by atoms with Crippen molar-refractivity contribution in [1.29, 1.82) is 0 Å². The van der Waals surface area contributed by atoms with E-state index < -0.39 is 0 Å². The van der Waals surface area contributed by atoms with E-state index in [4.69, 9.17) is 0 Å². The van der Waals surface area contributed by atoms with E-state index in [-0.39, 0.29) is 18.3 Å². The van der Waals surface area contributed by atoms with Crippen LogP contribution in [-0.4, -0.2) is 62.5 Å². The van der Waals surface area contributed by atoms with Gasteiger partial charge in [-0.15, -0.1) is 0 Å². The zero-order valence-electron chi connectivity index (χ0n) is 14.5. The van der Waals surface area contributed by atoms with Crippen molar-refractivity contribution in [3.63, 3.8) is 0 Å². The van der Waals surface area contributed by atoms with Crippen molar-refractivity contribution in [1.82, 2.24) is 9.80 Å². The average molecular weight is 312 g/mol. The van der Waals surface area contributed by atoms with Gasteiger partial charge < -0.3 is 14.5 Å². The molecule has 0 aromatic heterocycles. The molecular formula is C17H32N2O3. The summed E-state index contributed by atoms with van der Waals surface area (Å²) in [4.78, 5) is 27.6. The molecule has 0 aromatic carbocycles. The van der Waals surface area contributed by atoms with E-state index in [2.05, 4.69) is 9.64 Å². The fourth-order valence-corrected chi connectivity index (χ4v) is 2.97. The molecule has 0 bridgehead atoms. The maximum atomic E-state index is 12.5. The monoisotopic (exact) mass is 312 g/mol. The number of hydrogen-bond acceptors (Lipinski definition) is 4. The van der Waals surface area contributed by atoms with E-state index in [1.807, 2.05) is 19.0 Å². The number of carbonyl (C=O) groups is 2. The van der Waals surface area contributed by atoms with Gasteiger partial charge in [0, 0.05) is 26.1 Å². The number of amides is 1. The second-order valence-electron chi connectivity index (χ2n) is 6.55. The Labute approximate surface area is 135 Å². The first-order valence-corrected chi connectivity index (χ1v) is 8.52. The molecule has 1 saturated carbocycles. The lowest BCUT2D eigenvalue weighted by Crippen LogP contribution is -2.38. The van der Waals surface area contributed by atoms with Crippen LogP contribution in [0.4, 0.5) is 0 Å². The van der Waals surface area contributed by atoms with E-state index in [9.17, 15) is 9.59 Å². The predicted octanol–water partition coefficient (Wildman–Crippen LogP) is 2.30. The molecule has 1 aliphatic carbocycles. The second-order valence-corrected chi connectivity index (χ2v) is 6.55.